The van der Waals surface area contributed by atoms with E-state index in [-0.39, 0.29) is 25.2 Å². The Morgan fingerprint density at radius 3 is 1.92 bits per heavy atom. The van der Waals surface area contributed by atoms with Crippen LogP contribution in [0.4, 0.5) is 0 Å². The lowest BCUT2D eigenvalue weighted by Gasteiger charge is -2.50. The maximum absolute atomic E-state index is 12.5. The van der Waals surface area contributed by atoms with Crippen LogP contribution in [-0.2, 0) is 27.9 Å². The summed E-state index contributed by atoms with van der Waals surface area (Å²) in [4.78, 5) is 24.0. The number of carbonyl (C=O) groups is 1. The van der Waals surface area contributed by atoms with Gasteiger partial charge in [0.2, 0.25) is 0 Å². The van der Waals surface area contributed by atoms with E-state index in [0.29, 0.717) is 13.2 Å². The number of rotatable bonds is 23. The molecule has 9 heteroatoms. The number of likely N-dealkylation sites (N-methyl/N-ethyl adjacent to an activating group) is 1. The molecule has 0 saturated carbocycles. The third kappa shape index (κ3) is 14.8. The van der Waals surface area contributed by atoms with Gasteiger partial charge in [0.15, 0.2) is 0 Å². The monoisotopic (exact) mass is 561 g/mol. The third-order valence-corrected chi connectivity index (χ3v) is 9.18. The molecular formula is C29H56NO7P. The standard InChI is InChI=1S/C29H56NO7P/c1-4-5-6-7-8-9-10-11-12-13-14-15-16-17-22-34-24-28(36-26(2)31)25-35-38(32,33)37-29-23-30(3)20-18-27(29)19-21-30/h27-29H,4-25H2,1-3H3. The van der Waals surface area contributed by atoms with Crippen molar-refractivity contribution in [2.24, 2.45) is 5.92 Å². The van der Waals surface area contributed by atoms with Gasteiger partial charge in [0.25, 0.3) is 7.82 Å². The normalized spacial score (nSPS) is 25.3. The van der Waals surface area contributed by atoms with E-state index < -0.39 is 19.9 Å². The summed E-state index contributed by atoms with van der Waals surface area (Å²) in [5.41, 5.74) is 0. The quantitative estimate of drug-likeness (QED) is 0.0639. The fourth-order valence-corrected chi connectivity index (χ4v) is 6.78. The SMILES string of the molecule is CCCCCCCCCCCCCCCCOCC(COP(=O)([O-])OC1C[N+]2(C)CCC1CC2)OC(C)=O. The predicted octanol–water partition coefficient (Wildman–Crippen LogP) is 6.16. The fourth-order valence-electron chi connectivity index (χ4n) is 5.80. The molecule has 0 aromatic heterocycles. The number of ether oxygens (including phenoxy) is 2. The molecule has 3 aliphatic heterocycles. The first-order valence-corrected chi connectivity index (χ1v) is 16.9. The highest BCUT2D eigenvalue weighted by atomic mass is 31.2. The summed E-state index contributed by atoms with van der Waals surface area (Å²) >= 11 is 0. The Morgan fingerprint density at radius 1 is 0.895 bits per heavy atom. The number of phosphoric ester groups is 1. The molecular weight excluding hydrogens is 505 g/mol. The number of hydrogen-bond acceptors (Lipinski definition) is 7. The molecule has 0 radical (unpaired) electrons. The number of phosphoric acid groups is 1. The van der Waals surface area contributed by atoms with Crippen LogP contribution in [0, 0.1) is 5.92 Å². The number of unbranched alkanes of at least 4 members (excludes halogenated alkanes) is 13. The Hall–Kier alpha value is -0.500. The molecule has 3 fully saturated rings. The lowest BCUT2D eigenvalue weighted by Crippen LogP contribution is -2.61. The zero-order valence-electron chi connectivity index (χ0n) is 24.5. The van der Waals surface area contributed by atoms with Crippen molar-refractivity contribution in [3.63, 3.8) is 0 Å². The predicted molar refractivity (Wildman–Crippen MR) is 149 cm³/mol. The van der Waals surface area contributed by atoms with Crippen molar-refractivity contribution >= 4 is 13.8 Å². The van der Waals surface area contributed by atoms with Crippen LogP contribution >= 0.6 is 7.82 Å². The molecule has 0 aromatic rings. The van der Waals surface area contributed by atoms with Crippen LogP contribution in [0.3, 0.4) is 0 Å². The molecule has 8 nitrogen and oxygen atoms in total. The molecule has 3 aliphatic rings. The van der Waals surface area contributed by atoms with E-state index in [1.165, 1.54) is 84.0 Å². The van der Waals surface area contributed by atoms with Crippen molar-refractivity contribution in [2.75, 3.05) is 46.5 Å². The smallest absolute Gasteiger partial charge is 0.303 e. The lowest BCUT2D eigenvalue weighted by molar-refractivity contribution is -0.928. The van der Waals surface area contributed by atoms with Gasteiger partial charge in [-0.25, -0.2) is 0 Å². The van der Waals surface area contributed by atoms with E-state index in [1.54, 1.807) is 0 Å². The van der Waals surface area contributed by atoms with Gasteiger partial charge in [-0.1, -0.05) is 90.4 Å². The first-order chi connectivity index (χ1) is 18.2. The summed E-state index contributed by atoms with van der Waals surface area (Å²) < 4.78 is 34.8. The Kier molecular flexibility index (Phi) is 16.7. The van der Waals surface area contributed by atoms with Gasteiger partial charge in [-0.15, -0.1) is 0 Å². The van der Waals surface area contributed by atoms with Gasteiger partial charge in [-0.2, -0.15) is 0 Å². The van der Waals surface area contributed by atoms with Gasteiger partial charge in [0, 0.05) is 32.3 Å². The number of hydrogen-bond donors (Lipinski definition) is 0. The number of piperidine rings is 3. The van der Waals surface area contributed by atoms with Gasteiger partial charge in [-0.05, 0) is 6.42 Å². The second-order valence-electron chi connectivity index (χ2n) is 11.9. The van der Waals surface area contributed by atoms with Gasteiger partial charge in [-0.3, -0.25) is 9.36 Å². The topological polar surface area (TPSA) is 94.1 Å². The lowest BCUT2D eigenvalue weighted by atomic mass is 9.84. The molecule has 0 aromatic carbocycles. The number of carbonyl (C=O) groups excluding carboxylic acids is 1. The number of quaternary nitrogens is 1. The Balaban J connectivity index is 1.49. The highest BCUT2D eigenvalue weighted by molar-refractivity contribution is 7.45. The molecule has 224 valence electrons. The van der Waals surface area contributed by atoms with Crippen LogP contribution in [0.1, 0.15) is 117 Å². The van der Waals surface area contributed by atoms with Crippen LogP contribution < -0.4 is 4.89 Å². The maximum atomic E-state index is 12.5. The number of fused-ring (bicyclic) bond motifs is 3. The molecule has 0 N–H and O–H groups in total. The minimum Gasteiger partial charge on any atom is -0.756 e. The number of esters is 1. The molecule has 2 bridgehead atoms. The third-order valence-electron chi connectivity index (χ3n) is 8.19. The number of nitrogens with zero attached hydrogens (tertiary/aromatic N) is 1. The van der Waals surface area contributed by atoms with Crippen molar-refractivity contribution in [1.29, 1.82) is 0 Å². The molecule has 0 aliphatic carbocycles. The summed E-state index contributed by atoms with van der Waals surface area (Å²) in [5.74, 6) is -0.228. The van der Waals surface area contributed by atoms with Crippen LogP contribution in [0.5, 0.6) is 0 Å². The van der Waals surface area contributed by atoms with E-state index in [9.17, 15) is 14.3 Å². The molecule has 3 atom stereocenters. The average Bonchev–Trinajstić information content (AvgIpc) is 2.86. The minimum atomic E-state index is -4.50. The van der Waals surface area contributed by atoms with Crippen molar-refractivity contribution in [3.05, 3.63) is 0 Å². The van der Waals surface area contributed by atoms with Crippen molar-refractivity contribution in [2.45, 2.75) is 129 Å². The highest BCUT2D eigenvalue weighted by Crippen LogP contribution is 2.45. The summed E-state index contributed by atoms with van der Waals surface area (Å²) in [5, 5.41) is 0. The van der Waals surface area contributed by atoms with Crippen LogP contribution in [0.15, 0.2) is 0 Å². The van der Waals surface area contributed by atoms with E-state index in [0.717, 1.165) is 43.3 Å². The fraction of sp³-hybridized carbons (Fsp3) is 0.966. The summed E-state index contributed by atoms with van der Waals surface area (Å²) in [6.07, 6.45) is 19.0. The first kappa shape index (κ1) is 33.7. The van der Waals surface area contributed by atoms with Gasteiger partial charge in [0.05, 0.1) is 33.4 Å². The largest absolute Gasteiger partial charge is 0.756 e. The Morgan fingerprint density at radius 2 is 1.42 bits per heavy atom. The minimum absolute atomic E-state index is 0.110. The van der Waals surface area contributed by atoms with Crippen molar-refractivity contribution in [3.8, 4) is 0 Å². The van der Waals surface area contributed by atoms with E-state index in [1.807, 2.05) is 0 Å². The molecule has 0 amide bonds. The van der Waals surface area contributed by atoms with Gasteiger partial charge < -0.3 is 27.9 Å². The zero-order valence-corrected chi connectivity index (χ0v) is 25.4. The Bertz CT molecular complexity index is 684. The van der Waals surface area contributed by atoms with Gasteiger partial charge in [0.1, 0.15) is 18.8 Å². The summed E-state index contributed by atoms with van der Waals surface area (Å²) in [6, 6.07) is 0. The maximum Gasteiger partial charge on any atom is 0.303 e. The molecule has 38 heavy (non-hydrogen) atoms. The molecule has 3 rings (SSSR count). The van der Waals surface area contributed by atoms with Crippen molar-refractivity contribution in [1.82, 2.24) is 0 Å². The van der Waals surface area contributed by atoms with Crippen LogP contribution in [0.2, 0.25) is 0 Å². The molecule has 3 unspecified atom stereocenters. The Labute approximate surface area is 232 Å². The van der Waals surface area contributed by atoms with E-state index in [4.69, 9.17) is 18.5 Å². The zero-order chi connectivity index (χ0) is 27.7. The highest BCUT2D eigenvalue weighted by Gasteiger charge is 2.45. The second kappa shape index (κ2) is 18.8. The van der Waals surface area contributed by atoms with Gasteiger partial charge >= 0.3 is 5.97 Å². The van der Waals surface area contributed by atoms with E-state index in [2.05, 4.69) is 14.0 Å². The average molecular weight is 562 g/mol. The summed E-state index contributed by atoms with van der Waals surface area (Å²) in [7, 11) is -2.35. The molecule has 0 spiro atoms. The van der Waals surface area contributed by atoms with Crippen LogP contribution in [-0.4, -0.2) is 69.2 Å². The second-order valence-corrected chi connectivity index (χ2v) is 13.2. The summed E-state index contributed by atoms with van der Waals surface area (Å²) in [6.45, 7) is 6.77. The van der Waals surface area contributed by atoms with Crippen LogP contribution in [0.25, 0.3) is 0 Å². The first-order valence-electron chi connectivity index (χ1n) is 15.5. The molecule has 3 saturated heterocycles. The van der Waals surface area contributed by atoms with E-state index >= 15 is 0 Å². The van der Waals surface area contributed by atoms with Crippen molar-refractivity contribution < 1.29 is 37.3 Å². The molecule has 3 heterocycles.